The molecule has 0 aliphatic carbocycles. The van der Waals surface area contributed by atoms with Crippen LogP contribution in [0.15, 0.2) is 12.4 Å². The van der Waals surface area contributed by atoms with Crippen LogP contribution in [-0.2, 0) is 0 Å². The summed E-state index contributed by atoms with van der Waals surface area (Å²) >= 11 is 0. The predicted octanol–water partition coefficient (Wildman–Crippen LogP) is 2.80. The first kappa shape index (κ1) is 10.4. The van der Waals surface area contributed by atoms with Crippen molar-refractivity contribution in [2.75, 3.05) is 6.67 Å². The molecule has 0 spiro atoms. The van der Waals surface area contributed by atoms with Gasteiger partial charge >= 0.3 is 0 Å². The zero-order chi connectivity index (χ0) is 8.91. The molecular weight excluding hydrogens is 167 g/mol. The lowest BCUT2D eigenvalue weighted by Crippen LogP contribution is -2.28. The molecule has 0 aromatic heterocycles. The van der Waals surface area contributed by atoms with E-state index in [1.165, 1.54) is 0 Å². The average molecular weight is 174 g/mol. The van der Waals surface area contributed by atoms with E-state index < -0.39 is 25.2 Å². The third-order valence-corrected chi connectivity index (χ3v) is 1.07. The van der Waals surface area contributed by atoms with Crippen LogP contribution in [0.3, 0.4) is 0 Å². The van der Waals surface area contributed by atoms with Gasteiger partial charge in [0.25, 0.3) is 5.92 Å². The van der Waals surface area contributed by atoms with Crippen LogP contribution in [0.5, 0.6) is 0 Å². The Balaban J connectivity index is 4.04. The van der Waals surface area contributed by atoms with Crippen molar-refractivity contribution in [1.82, 2.24) is 0 Å². The van der Waals surface area contributed by atoms with E-state index >= 15 is 0 Å². The lowest BCUT2D eigenvalue weighted by Gasteiger charge is -2.15. The quantitative estimate of drug-likeness (QED) is 0.575. The summed E-state index contributed by atoms with van der Waals surface area (Å²) < 4.78 is 59.0. The Morgan fingerprint density at radius 1 is 1.36 bits per heavy atom. The minimum absolute atomic E-state index is 0.0513. The van der Waals surface area contributed by atoms with Crippen LogP contribution in [-0.4, -0.2) is 18.8 Å². The molecule has 0 nitrogen and oxygen atoms in total. The van der Waals surface area contributed by atoms with Gasteiger partial charge in [0.1, 0.15) is 0 Å². The van der Waals surface area contributed by atoms with Gasteiger partial charge in [0.2, 0.25) is 0 Å². The number of hydrogen-bond donors (Lipinski definition) is 0. The van der Waals surface area contributed by atoms with Gasteiger partial charge in [-0.1, -0.05) is 0 Å². The summed E-state index contributed by atoms with van der Waals surface area (Å²) in [5.74, 6) is -3.81. The Hall–Kier alpha value is -0.610. The van der Waals surface area contributed by atoms with Crippen LogP contribution < -0.4 is 0 Å². The highest BCUT2D eigenvalue weighted by molar-refractivity contribution is 4.92. The van der Waals surface area contributed by atoms with E-state index in [1.807, 2.05) is 0 Å². The second kappa shape index (κ2) is 4.31. The maximum absolute atomic E-state index is 12.2. The molecule has 0 bridgehead atoms. The Kier molecular flexibility index (Phi) is 4.07. The summed E-state index contributed by atoms with van der Waals surface area (Å²) in [6, 6.07) is 0. The number of hydrogen-bond acceptors (Lipinski definition) is 0. The zero-order valence-corrected chi connectivity index (χ0v) is 5.54. The largest absolute Gasteiger partial charge is 0.284 e. The Labute approximate surface area is 60.7 Å². The van der Waals surface area contributed by atoms with Crippen molar-refractivity contribution in [2.45, 2.75) is 18.5 Å². The molecule has 0 N–H and O–H groups in total. The van der Waals surface area contributed by atoms with Gasteiger partial charge in [-0.2, -0.15) is 0 Å². The first-order chi connectivity index (χ1) is 5.04. The van der Waals surface area contributed by atoms with Crippen molar-refractivity contribution in [3.8, 4) is 0 Å². The van der Waals surface area contributed by atoms with E-state index in [-0.39, 0.29) is 12.4 Å². The third kappa shape index (κ3) is 3.34. The molecule has 0 saturated heterocycles. The second-order valence-corrected chi connectivity index (χ2v) is 1.92. The highest BCUT2D eigenvalue weighted by atomic mass is 19.3. The fraction of sp³-hybridized carbons (Fsp3) is 0.667. The maximum Gasteiger partial charge on any atom is 0.284 e. The number of allylic oxidation sites excluding steroid dienone is 1. The highest BCUT2D eigenvalue weighted by Gasteiger charge is 2.37. The molecular formula is C6H7F5. The van der Waals surface area contributed by atoms with E-state index in [0.29, 0.717) is 0 Å². The summed E-state index contributed by atoms with van der Waals surface area (Å²) in [5.41, 5.74) is 0. The van der Waals surface area contributed by atoms with Crippen LogP contribution >= 0.6 is 0 Å². The maximum atomic E-state index is 12.2. The summed E-state index contributed by atoms with van der Waals surface area (Å²) in [4.78, 5) is 0. The topological polar surface area (TPSA) is 0 Å². The predicted molar refractivity (Wildman–Crippen MR) is 30.7 cm³/mol. The zero-order valence-electron chi connectivity index (χ0n) is 5.54. The molecule has 1 atom stereocenters. The summed E-state index contributed by atoms with van der Waals surface area (Å²) in [5, 5.41) is 0. The highest BCUT2D eigenvalue weighted by Crippen LogP contribution is 2.26. The van der Waals surface area contributed by atoms with Gasteiger partial charge in [0, 0.05) is 6.42 Å². The van der Waals surface area contributed by atoms with Crippen molar-refractivity contribution in [3.63, 3.8) is 0 Å². The molecule has 0 radical (unpaired) electrons. The van der Waals surface area contributed by atoms with E-state index in [4.69, 9.17) is 0 Å². The van der Waals surface area contributed by atoms with Crippen molar-refractivity contribution < 1.29 is 22.0 Å². The molecule has 0 saturated carbocycles. The molecule has 0 fully saturated rings. The molecule has 0 aliphatic rings. The molecule has 0 rings (SSSR count). The second-order valence-electron chi connectivity index (χ2n) is 1.92. The SMILES string of the molecule is FC=CC(F)C(F)(F)CCF. The molecule has 0 heterocycles. The van der Waals surface area contributed by atoms with Gasteiger partial charge in [-0.3, -0.25) is 4.39 Å². The van der Waals surface area contributed by atoms with Crippen molar-refractivity contribution in [3.05, 3.63) is 12.4 Å². The molecule has 0 aliphatic heterocycles. The third-order valence-electron chi connectivity index (χ3n) is 1.07. The van der Waals surface area contributed by atoms with E-state index in [0.717, 1.165) is 0 Å². The van der Waals surface area contributed by atoms with Gasteiger partial charge in [-0.05, 0) is 6.08 Å². The molecule has 11 heavy (non-hydrogen) atoms. The number of rotatable bonds is 4. The number of alkyl halides is 4. The van der Waals surface area contributed by atoms with Gasteiger partial charge in [0.15, 0.2) is 6.17 Å². The minimum atomic E-state index is -3.81. The van der Waals surface area contributed by atoms with Crippen molar-refractivity contribution in [1.29, 1.82) is 0 Å². The molecule has 66 valence electrons. The lowest BCUT2D eigenvalue weighted by molar-refractivity contribution is -0.0640. The standard InChI is InChI=1S/C6H7F5/c7-3-1-5(9)6(10,11)2-4-8/h1,3,5H,2,4H2. The van der Waals surface area contributed by atoms with E-state index in [9.17, 15) is 22.0 Å². The molecule has 0 aromatic rings. The van der Waals surface area contributed by atoms with Crippen molar-refractivity contribution >= 4 is 0 Å². The first-order valence-corrected chi connectivity index (χ1v) is 2.89. The molecule has 1 unspecified atom stereocenters. The number of halogens is 5. The lowest BCUT2D eigenvalue weighted by atomic mass is 10.1. The van der Waals surface area contributed by atoms with E-state index in [1.54, 1.807) is 0 Å². The van der Waals surface area contributed by atoms with Crippen LogP contribution in [0.1, 0.15) is 6.42 Å². The fourth-order valence-corrected chi connectivity index (χ4v) is 0.469. The van der Waals surface area contributed by atoms with Crippen LogP contribution in [0.25, 0.3) is 0 Å². The Morgan fingerprint density at radius 3 is 2.27 bits per heavy atom. The van der Waals surface area contributed by atoms with Crippen molar-refractivity contribution in [2.24, 2.45) is 0 Å². The van der Waals surface area contributed by atoms with Gasteiger partial charge < -0.3 is 0 Å². The monoisotopic (exact) mass is 174 g/mol. The molecule has 5 heteroatoms. The summed E-state index contributed by atoms with van der Waals surface area (Å²) in [6.07, 6.45) is -4.24. The van der Waals surface area contributed by atoms with Crippen LogP contribution in [0.4, 0.5) is 22.0 Å². The average Bonchev–Trinajstić information content (AvgIpc) is 1.88. The summed E-state index contributed by atoms with van der Waals surface area (Å²) in [6.45, 7) is -1.33. The first-order valence-electron chi connectivity index (χ1n) is 2.89. The Bertz CT molecular complexity index is 131. The van der Waals surface area contributed by atoms with Crippen LogP contribution in [0.2, 0.25) is 0 Å². The Morgan fingerprint density at radius 2 is 1.91 bits per heavy atom. The smallest absolute Gasteiger partial charge is 0.251 e. The fourth-order valence-electron chi connectivity index (χ4n) is 0.469. The summed E-state index contributed by atoms with van der Waals surface area (Å²) in [7, 11) is 0. The molecule has 0 amide bonds. The van der Waals surface area contributed by atoms with Crippen LogP contribution in [0, 0.1) is 0 Å². The molecule has 0 aromatic carbocycles. The normalized spacial score (nSPS) is 15.7. The van der Waals surface area contributed by atoms with Gasteiger partial charge in [0.05, 0.1) is 13.0 Å². The van der Waals surface area contributed by atoms with Gasteiger partial charge in [-0.25, -0.2) is 17.6 Å². The minimum Gasteiger partial charge on any atom is -0.251 e. The van der Waals surface area contributed by atoms with Gasteiger partial charge in [-0.15, -0.1) is 0 Å². The van der Waals surface area contributed by atoms with E-state index in [2.05, 4.69) is 0 Å².